The number of methoxy groups -OCH3 is 1. The van der Waals surface area contributed by atoms with E-state index in [2.05, 4.69) is 4.98 Å². The minimum atomic E-state index is -0.584. The predicted molar refractivity (Wildman–Crippen MR) is 70.9 cm³/mol. The standard InChI is InChI=1S/C14H14ClNO2/c1-18-14-6-5-10(9-16-14)7-13(17)11-3-2-4-12(15)8-11/h2-6,8-9,13,17H,7H2,1H3. The van der Waals surface area contributed by atoms with E-state index >= 15 is 0 Å². The smallest absolute Gasteiger partial charge is 0.212 e. The number of hydrogen-bond acceptors (Lipinski definition) is 3. The summed E-state index contributed by atoms with van der Waals surface area (Å²) in [5.74, 6) is 0.566. The first-order valence-electron chi connectivity index (χ1n) is 5.61. The van der Waals surface area contributed by atoms with Gasteiger partial charge in [0.25, 0.3) is 0 Å². The van der Waals surface area contributed by atoms with Gasteiger partial charge in [-0.05, 0) is 23.3 Å². The maximum atomic E-state index is 10.1. The summed E-state index contributed by atoms with van der Waals surface area (Å²) in [5.41, 5.74) is 1.75. The maximum Gasteiger partial charge on any atom is 0.212 e. The van der Waals surface area contributed by atoms with Crippen LogP contribution in [-0.2, 0) is 6.42 Å². The summed E-state index contributed by atoms with van der Waals surface area (Å²) in [7, 11) is 1.57. The number of ether oxygens (including phenoxy) is 1. The van der Waals surface area contributed by atoms with Crippen LogP contribution < -0.4 is 4.74 Å². The van der Waals surface area contributed by atoms with Gasteiger partial charge >= 0.3 is 0 Å². The molecule has 2 aromatic rings. The quantitative estimate of drug-likeness (QED) is 0.922. The van der Waals surface area contributed by atoms with Crippen LogP contribution in [0.2, 0.25) is 5.02 Å². The second-order valence-corrected chi connectivity index (χ2v) is 4.42. The molecule has 0 spiro atoms. The van der Waals surface area contributed by atoms with Gasteiger partial charge in [0.05, 0.1) is 13.2 Å². The first-order valence-corrected chi connectivity index (χ1v) is 5.99. The van der Waals surface area contributed by atoms with E-state index < -0.39 is 6.10 Å². The molecule has 4 heteroatoms. The third kappa shape index (κ3) is 3.22. The number of aliphatic hydroxyl groups is 1. The van der Waals surface area contributed by atoms with Crippen LogP contribution in [0.15, 0.2) is 42.6 Å². The molecular formula is C14H14ClNO2. The monoisotopic (exact) mass is 263 g/mol. The minimum Gasteiger partial charge on any atom is -0.481 e. The lowest BCUT2D eigenvalue weighted by atomic mass is 10.0. The zero-order valence-corrected chi connectivity index (χ0v) is 10.8. The van der Waals surface area contributed by atoms with Crippen LogP contribution in [0.1, 0.15) is 17.2 Å². The van der Waals surface area contributed by atoms with E-state index in [0.717, 1.165) is 11.1 Å². The summed E-state index contributed by atoms with van der Waals surface area (Å²) in [6.45, 7) is 0. The number of halogens is 1. The average Bonchev–Trinajstić information content (AvgIpc) is 2.39. The predicted octanol–water partition coefficient (Wildman–Crippen LogP) is 3.02. The Kier molecular flexibility index (Phi) is 4.18. The maximum absolute atomic E-state index is 10.1. The molecule has 0 radical (unpaired) electrons. The fourth-order valence-corrected chi connectivity index (χ4v) is 1.91. The van der Waals surface area contributed by atoms with Crippen molar-refractivity contribution in [3.8, 4) is 5.88 Å². The molecule has 1 unspecified atom stereocenters. The van der Waals surface area contributed by atoms with Crippen molar-refractivity contribution < 1.29 is 9.84 Å². The van der Waals surface area contributed by atoms with Crippen molar-refractivity contribution >= 4 is 11.6 Å². The lowest BCUT2D eigenvalue weighted by Crippen LogP contribution is -2.02. The van der Waals surface area contributed by atoms with E-state index in [9.17, 15) is 5.11 Å². The number of rotatable bonds is 4. The number of benzene rings is 1. The van der Waals surface area contributed by atoms with Gasteiger partial charge in [0, 0.05) is 23.7 Å². The number of nitrogens with zero attached hydrogens (tertiary/aromatic N) is 1. The Morgan fingerprint density at radius 1 is 1.33 bits per heavy atom. The van der Waals surface area contributed by atoms with Crippen LogP contribution in [0.4, 0.5) is 0 Å². The van der Waals surface area contributed by atoms with Gasteiger partial charge in [-0.2, -0.15) is 0 Å². The SMILES string of the molecule is COc1ccc(CC(O)c2cccc(Cl)c2)cn1. The zero-order valence-electron chi connectivity index (χ0n) is 10.0. The molecule has 0 bridgehead atoms. The Balaban J connectivity index is 2.08. The molecule has 0 aliphatic carbocycles. The summed E-state index contributed by atoms with van der Waals surface area (Å²) >= 11 is 5.89. The van der Waals surface area contributed by atoms with Crippen molar-refractivity contribution in [3.05, 3.63) is 58.7 Å². The second kappa shape index (κ2) is 5.85. The highest BCUT2D eigenvalue weighted by Crippen LogP contribution is 2.21. The van der Waals surface area contributed by atoms with Gasteiger partial charge < -0.3 is 9.84 Å². The fourth-order valence-electron chi connectivity index (χ4n) is 1.71. The lowest BCUT2D eigenvalue weighted by molar-refractivity contribution is 0.178. The Labute approximate surface area is 111 Å². The third-order valence-corrected chi connectivity index (χ3v) is 2.90. The molecule has 0 aliphatic rings. The Bertz CT molecular complexity index is 513. The first kappa shape index (κ1) is 12.9. The Morgan fingerprint density at radius 3 is 2.78 bits per heavy atom. The summed E-state index contributed by atoms with van der Waals surface area (Å²) in [5, 5.41) is 10.7. The minimum absolute atomic E-state index is 0.497. The van der Waals surface area contributed by atoms with E-state index in [1.165, 1.54) is 0 Å². The van der Waals surface area contributed by atoms with Crippen LogP contribution in [0.5, 0.6) is 5.88 Å². The van der Waals surface area contributed by atoms with E-state index in [-0.39, 0.29) is 0 Å². The highest BCUT2D eigenvalue weighted by molar-refractivity contribution is 6.30. The van der Waals surface area contributed by atoms with Gasteiger partial charge in [0.1, 0.15) is 0 Å². The molecular weight excluding hydrogens is 250 g/mol. The van der Waals surface area contributed by atoms with Gasteiger partial charge in [0.2, 0.25) is 5.88 Å². The van der Waals surface area contributed by atoms with Crippen molar-refractivity contribution in [2.24, 2.45) is 0 Å². The van der Waals surface area contributed by atoms with Crippen LogP contribution in [0.25, 0.3) is 0 Å². The summed E-state index contributed by atoms with van der Waals surface area (Å²) in [6, 6.07) is 10.9. The van der Waals surface area contributed by atoms with Crippen LogP contribution >= 0.6 is 11.6 Å². The molecule has 0 saturated heterocycles. The van der Waals surface area contributed by atoms with Crippen LogP contribution in [0.3, 0.4) is 0 Å². The van der Waals surface area contributed by atoms with Gasteiger partial charge in [-0.1, -0.05) is 29.8 Å². The number of pyridine rings is 1. The topological polar surface area (TPSA) is 42.4 Å². The van der Waals surface area contributed by atoms with Crippen molar-refractivity contribution in [3.63, 3.8) is 0 Å². The molecule has 0 amide bonds. The number of aliphatic hydroxyl groups excluding tert-OH is 1. The lowest BCUT2D eigenvalue weighted by Gasteiger charge is -2.11. The van der Waals surface area contributed by atoms with Crippen LogP contribution in [-0.4, -0.2) is 17.2 Å². The summed E-state index contributed by atoms with van der Waals surface area (Å²) in [4.78, 5) is 4.10. The highest BCUT2D eigenvalue weighted by atomic mass is 35.5. The molecule has 18 heavy (non-hydrogen) atoms. The number of hydrogen-bond donors (Lipinski definition) is 1. The largest absolute Gasteiger partial charge is 0.481 e. The summed E-state index contributed by atoms with van der Waals surface area (Å²) in [6.07, 6.45) is 1.61. The highest BCUT2D eigenvalue weighted by Gasteiger charge is 2.09. The molecule has 1 atom stereocenters. The average molecular weight is 264 g/mol. The van der Waals surface area contributed by atoms with Crippen molar-refractivity contribution in [1.29, 1.82) is 0 Å². The Hall–Kier alpha value is -1.58. The fraction of sp³-hybridized carbons (Fsp3) is 0.214. The van der Waals surface area contributed by atoms with E-state index in [1.807, 2.05) is 18.2 Å². The van der Waals surface area contributed by atoms with Gasteiger partial charge in [-0.3, -0.25) is 0 Å². The van der Waals surface area contributed by atoms with Crippen molar-refractivity contribution in [2.45, 2.75) is 12.5 Å². The van der Waals surface area contributed by atoms with Crippen molar-refractivity contribution in [1.82, 2.24) is 4.98 Å². The van der Waals surface area contributed by atoms with Crippen LogP contribution in [0, 0.1) is 0 Å². The van der Waals surface area contributed by atoms with E-state index in [0.29, 0.717) is 17.3 Å². The first-order chi connectivity index (χ1) is 8.69. The molecule has 1 aromatic carbocycles. The third-order valence-electron chi connectivity index (χ3n) is 2.67. The molecule has 1 heterocycles. The molecule has 1 N–H and O–H groups in total. The molecule has 2 rings (SSSR count). The molecule has 0 saturated carbocycles. The summed E-state index contributed by atoms with van der Waals surface area (Å²) < 4.78 is 4.98. The second-order valence-electron chi connectivity index (χ2n) is 3.98. The van der Waals surface area contributed by atoms with Gasteiger partial charge in [-0.25, -0.2) is 4.98 Å². The van der Waals surface area contributed by atoms with E-state index in [4.69, 9.17) is 16.3 Å². The normalized spacial score (nSPS) is 12.2. The molecule has 0 fully saturated rings. The van der Waals surface area contributed by atoms with Crippen molar-refractivity contribution in [2.75, 3.05) is 7.11 Å². The molecule has 0 aliphatic heterocycles. The van der Waals surface area contributed by atoms with Gasteiger partial charge in [-0.15, -0.1) is 0 Å². The van der Waals surface area contributed by atoms with E-state index in [1.54, 1.807) is 31.5 Å². The molecule has 1 aromatic heterocycles. The molecule has 3 nitrogen and oxygen atoms in total. The molecule has 94 valence electrons. The number of aromatic nitrogens is 1. The zero-order chi connectivity index (χ0) is 13.0. The van der Waals surface area contributed by atoms with Gasteiger partial charge in [0.15, 0.2) is 0 Å². The Morgan fingerprint density at radius 2 is 2.17 bits per heavy atom.